The molecule has 3 aromatic rings. The molecular weight excluding hydrogens is 302 g/mol. The highest BCUT2D eigenvalue weighted by atomic mass is 32.1. The third-order valence-corrected chi connectivity index (χ3v) is 4.68. The SMILES string of the molecule is Cn1c(=NC(=O)c2cccs2)sc2cc(F)cc(F)c21. The lowest BCUT2D eigenvalue weighted by Gasteiger charge is -1.97. The number of thiophene rings is 1. The van der Waals surface area contributed by atoms with Crippen molar-refractivity contribution in [2.45, 2.75) is 0 Å². The highest BCUT2D eigenvalue weighted by Gasteiger charge is 2.12. The van der Waals surface area contributed by atoms with Crippen molar-refractivity contribution in [2.75, 3.05) is 0 Å². The number of aromatic nitrogens is 1. The van der Waals surface area contributed by atoms with Gasteiger partial charge in [0.2, 0.25) is 0 Å². The zero-order valence-corrected chi connectivity index (χ0v) is 11.9. The molecule has 7 heteroatoms. The lowest BCUT2D eigenvalue weighted by atomic mass is 10.3. The number of thiazole rings is 1. The third-order valence-electron chi connectivity index (χ3n) is 2.75. The Balaban J connectivity index is 2.20. The standard InChI is InChI=1S/C13H8F2N2OS2/c1-17-11-8(15)5-7(14)6-10(11)20-13(17)16-12(18)9-3-2-4-19-9/h2-6H,1H3. The Labute approximate surface area is 120 Å². The normalized spacial score (nSPS) is 12.2. The molecule has 0 aliphatic heterocycles. The lowest BCUT2D eigenvalue weighted by molar-refractivity contribution is 0.100. The van der Waals surface area contributed by atoms with Crippen molar-refractivity contribution in [3.05, 3.63) is 51.0 Å². The van der Waals surface area contributed by atoms with Crippen molar-refractivity contribution >= 4 is 38.8 Å². The molecule has 2 heterocycles. The molecule has 0 unspecified atom stereocenters. The zero-order valence-electron chi connectivity index (χ0n) is 10.3. The summed E-state index contributed by atoms with van der Waals surface area (Å²) in [5, 5.41) is 1.78. The quantitative estimate of drug-likeness (QED) is 0.679. The van der Waals surface area contributed by atoms with Crippen LogP contribution in [0.3, 0.4) is 0 Å². The summed E-state index contributed by atoms with van der Waals surface area (Å²) in [6, 6.07) is 5.48. The molecule has 3 rings (SSSR count). The van der Waals surface area contributed by atoms with Crippen molar-refractivity contribution < 1.29 is 13.6 Å². The molecule has 1 aromatic carbocycles. The van der Waals surface area contributed by atoms with Crippen molar-refractivity contribution in [3.8, 4) is 0 Å². The van der Waals surface area contributed by atoms with Gasteiger partial charge in [0.15, 0.2) is 10.6 Å². The predicted octanol–water partition coefficient (Wildman–Crippen LogP) is 3.32. The van der Waals surface area contributed by atoms with Crippen molar-refractivity contribution in [1.29, 1.82) is 0 Å². The number of carbonyl (C=O) groups excluding carboxylic acids is 1. The minimum atomic E-state index is -0.663. The number of aryl methyl sites for hydroxylation is 1. The van der Waals surface area contributed by atoms with Gasteiger partial charge in [0.1, 0.15) is 5.82 Å². The Kier molecular flexibility index (Phi) is 3.23. The van der Waals surface area contributed by atoms with Crippen molar-refractivity contribution in [2.24, 2.45) is 12.0 Å². The predicted molar refractivity (Wildman–Crippen MR) is 74.9 cm³/mol. The Bertz CT molecular complexity index is 863. The van der Waals surface area contributed by atoms with E-state index in [1.54, 1.807) is 24.6 Å². The molecule has 2 aromatic heterocycles. The first-order valence-corrected chi connectivity index (χ1v) is 7.33. The summed E-state index contributed by atoms with van der Waals surface area (Å²) >= 11 is 2.36. The monoisotopic (exact) mass is 310 g/mol. The van der Waals surface area contributed by atoms with Gasteiger partial charge in [0, 0.05) is 13.1 Å². The van der Waals surface area contributed by atoms with Crippen LogP contribution in [0.4, 0.5) is 8.78 Å². The number of halogens is 2. The van der Waals surface area contributed by atoms with Crippen LogP contribution in [0, 0.1) is 11.6 Å². The van der Waals surface area contributed by atoms with Gasteiger partial charge in [-0.1, -0.05) is 17.4 Å². The van der Waals surface area contributed by atoms with E-state index in [0.29, 0.717) is 14.4 Å². The second kappa shape index (κ2) is 4.92. The molecule has 0 spiro atoms. The van der Waals surface area contributed by atoms with Gasteiger partial charge >= 0.3 is 0 Å². The molecule has 0 radical (unpaired) electrons. The number of carbonyl (C=O) groups is 1. The van der Waals surface area contributed by atoms with Crippen LogP contribution >= 0.6 is 22.7 Å². The van der Waals surface area contributed by atoms with Crippen LogP contribution in [0.5, 0.6) is 0 Å². The highest BCUT2D eigenvalue weighted by molar-refractivity contribution is 7.16. The zero-order chi connectivity index (χ0) is 14.3. The highest BCUT2D eigenvalue weighted by Crippen LogP contribution is 2.21. The van der Waals surface area contributed by atoms with E-state index in [1.807, 2.05) is 0 Å². The molecule has 0 aliphatic rings. The number of nitrogens with zero attached hydrogens (tertiary/aromatic N) is 2. The van der Waals surface area contributed by atoms with Crippen LogP contribution in [0.1, 0.15) is 9.67 Å². The number of hydrogen-bond acceptors (Lipinski definition) is 3. The Hall–Kier alpha value is -1.86. The summed E-state index contributed by atoms with van der Waals surface area (Å²) in [5.41, 5.74) is 0.245. The fourth-order valence-corrected chi connectivity index (χ4v) is 3.51. The molecular formula is C13H8F2N2OS2. The summed E-state index contributed by atoms with van der Waals surface area (Å²) in [7, 11) is 1.60. The summed E-state index contributed by atoms with van der Waals surface area (Å²) < 4.78 is 28.8. The van der Waals surface area contributed by atoms with Gasteiger partial charge in [-0.25, -0.2) is 8.78 Å². The third kappa shape index (κ3) is 2.19. The molecule has 20 heavy (non-hydrogen) atoms. The average Bonchev–Trinajstić information content (AvgIpc) is 2.98. The first kappa shape index (κ1) is 13.1. The van der Waals surface area contributed by atoms with Gasteiger partial charge in [-0.3, -0.25) is 4.79 Å². The second-order valence-electron chi connectivity index (χ2n) is 4.07. The molecule has 1 amide bonds. The van der Waals surface area contributed by atoms with Gasteiger partial charge in [-0.15, -0.1) is 11.3 Å². The van der Waals surface area contributed by atoms with Crippen LogP contribution in [-0.2, 0) is 7.05 Å². The topological polar surface area (TPSA) is 34.4 Å². The fourth-order valence-electron chi connectivity index (χ4n) is 1.85. The molecule has 0 atom stereocenters. The van der Waals surface area contributed by atoms with E-state index >= 15 is 0 Å². The van der Waals surface area contributed by atoms with E-state index in [-0.39, 0.29) is 11.4 Å². The van der Waals surface area contributed by atoms with Crippen molar-refractivity contribution in [3.63, 3.8) is 0 Å². The minimum absolute atomic E-state index is 0.245. The van der Waals surface area contributed by atoms with Gasteiger partial charge in [0.05, 0.1) is 15.1 Å². The molecule has 0 N–H and O–H groups in total. The Morgan fingerprint density at radius 1 is 1.35 bits per heavy atom. The molecule has 0 saturated carbocycles. The van der Waals surface area contributed by atoms with Crippen LogP contribution < -0.4 is 4.80 Å². The van der Waals surface area contributed by atoms with Gasteiger partial charge in [-0.05, 0) is 17.5 Å². The van der Waals surface area contributed by atoms with Crippen LogP contribution in [0.15, 0.2) is 34.6 Å². The van der Waals surface area contributed by atoms with Gasteiger partial charge in [0.25, 0.3) is 5.91 Å². The smallest absolute Gasteiger partial charge is 0.289 e. The number of rotatable bonds is 1. The van der Waals surface area contributed by atoms with E-state index in [9.17, 15) is 13.6 Å². The number of hydrogen-bond donors (Lipinski definition) is 0. The van der Waals surface area contributed by atoms with E-state index in [2.05, 4.69) is 4.99 Å². The summed E-state index contributed by atoms with van der Waals surface area (Å²) in [6.07, 6.45) is 0. The van der Waals surface area contributed by atoms with Gasteiger partial charge < -0.3 is 4.57 Å². The van der Waals surface area contributed by atoms with E-state index in [0.717, 1.165) is 17.4 Å². The van der Waals surface area contributed by atoms with E-state index in [1.165, 1.54) is 22.0 Å². The summed E-state index contributed by atoms with van der Waals surface area (Å²) in [6.45, 7) is 0. The Morgan fingerprint density at radius 3 is 2.85 bits per heavy atom. The van der Waals surface area contributed by atoms with E-state index < -0.39 is 11.6 Å². The molecule has 3 nitrogen and oxygen atoms in total. The minimum Gasteiger partial charge on any atom is -0.317 e. The molecule has 102 valence electrons. The summed E-state index contributed by atoms with van der Waals surface area (Å²) in [5.74, 6) is -1.69. The van der Waals surface area contributed by atoms with Crippen LogP contribution in [0.25, 0.3) is 10.2 Å². The molecule has 0 aliphatic carbocycles. The maximum Gasteiger partial charge on any atom is 0.289 e. The maximum atomic E-state index is 13.8. The molecule has 0 fully saturated rings. The lowest BCUT2D eigenvalue weighted by Crippen LogP contribution is -2.13. The average molecular weight is 310 g/mol. The first-order valence-electron chi connectivity index (χ1n) is 5.63. The van der Waals surface area contributed by atoms with E-state index in [4.69, 9.17) is 0 Å². The Morgan fingerprint density at radius 2 is 2.15 bits per heavy atom. The number of benzene rings is 1. The largest absolute Gasteiger partial charge is 0.317 e. The number of fused-ring (bicyclic) bond motifs is 1. The maximum absolute atomic E-state index is 13.8. The molecule has 0 bridgehead atoms. The second-order valence-corrected chi connectivity index (χ2v) is 6.03. The van der Waals surface area contributed by atoms with Crippen molar-refractivity contribution in [1.82, 2.24) is 4.57 Å². The van der Waals surface area contributed by atoms with Crippen LogP contribution in [0.2, 0.25) is 0 Å². The van der Waals surface area contributed by atoms with Crippen LogP contribution in [-0.4, -0.2) is 10.5 Å². The van der Waals surface area contributed by atoms with Gasteiger partial charge in [-0.2, -0.15) is 4.99 Å². The fraction of sp³-hybridized carbons (Fsp3) is 0.0769. The molecule has 0 saturated heterocycles. The summed E-state index contributed by atoms with van der Waals surface area (Å²) in [4.78, 5) is 16.7. The first-order chi connectivity index (χ1) is 9.56. The number of amides is 1.